The fourth-order valence-electron chi connectivity index (χ4n) is 0.989. The number of hydrogen-bond donors (Lipinski definition) is 0. The lowest BCUT2D eigenvalue weighted by molar-refractivity contribution is -0.114. The van der Waals surface area contributed by atoms with E-state index in [1.807, 2.05) is 6.92 Å². The minimum absolute atomic E-state index is 0.0768. The largest absolute Gasteiger partial charge is 0.278 e. The van der Waals surface area contributed by atoms with Gasteiger partial charge in [0.25, 0.3) is 0 Å². The number of carbonyl (C=O) groups excluding carboxylic acids is 1. The second-order valence-corrected chi connectivity index (χ2v) is 4.87. The summed E-state index contributed by atoms with van der Waals surface area (Å²) in [4.78, 5) is 10.4. The summed E-state index contributed by atoms with van der Waals surface area (Å²) in [5.41, 5.74) is 0. The van der Waals surface area contributed by atoms with E-state index in [-0.39, 0.29) is 12.3 Å². The standard InChI is InChI=1S/C8H17NO3S/c1-3-5-6-7-13(11,12)9(4-2)8-10/h8H,3-7H2,1-2H3. The van der Waals surface area contributed by atoms with Crippen LogP contribution in [0.4, 0.5) is 0 Å². The molecule has 0 aromatic rings. The number of hydrogen-bond acceptors (Lipinski definition) is 3. The van der Waals surface area contributed by atoms with E-state index in [2.05, 4.69) is 0 Å². The number of amides is 1. The first-order valence-corrected chi connectivity index (χ1v) is 6.14. The zero-order chi connectivity index (χ0) is 10.3. The zero-order valence-electron chi connectivity index (χ0n) is 8.19. The third-order valence-corrected chi connectivity index (χ3v) is 3.66. The van der Waals surface area contributed by atoms with Crippen LogP contribution in [-0.2, 0) is 14.8 Å². The van der Waals surface area contributed by atoms with Crippen molar-refractivity contribution in [3.63, 3.8) is 0 Å². The first-order valence-electron chi connectivity index (χ1n) is 4.53. The topological polar surface area (TPSA) is 54.5 Å². The van der Waals surface area contributed by atoms with Crippen LogP contribution in [0.2, 0.25) is 0 Å². The minimum atomic E-state index is -3.33. The van der Waals surface area contributed by atoms with Gasteiger partial charge in [-0.3, -0.25) is 4.79 Å². The van der Waals surface area contributed by atoms with Crippen LogP contribution >= 0.6 is 0 Å². The number of rotatable bonds is 7. The Morgan fingerprint density at radius 1 is 1.23 bits per heavy atom. The van der Waals surface area contributed by atoms with Crippen molar-refractivity contribution in [2.45, 2.75) is 33.1 Å². The molecular weight excluding hydrogens is 190 g/mol. The molecule has 4 nitrogen and oxygen atoms in total. The van der Waals surface area contributed by atoms with Gasteiger partial charge in [-0.1, -0.05) is 19.8 Å². The van der Waals surface area contributed by atoms with Crippen molar-refractivity contribution < 1.29 is 13.2 Å². The van der Waals surface area contributed by atoms with Crippen LogP contribution in [-0.4, -0.2) is 31.4 Å². The molecule has 0 aromatic heterocycles. The Kier molecular flexibility index (Phi) is 5.70. The highest BCUT2D eigenvalue weighted by Gasteiger charge is 2.17. The molecule has 0 N–H and O–H groups in total. The normalized spacial score (nSPS) is 11.2. The van der Waals surface area contributed by atoms with Crippen molar-refractivity contribution in [2.75, 3.05) is 12.3 Å². The maximum Gasteiger partial charge on any atom is 0.237 e. The maximum absolute atomic E-state index is 11.4. The Labute approximate surface area is 80.0 Å². The van der Waals surface area contributed by atoms with Crippen LogP contribution in [0, 0.1) is 0 Å². The van der Waals surface area contributed by atoms with Crippen molar-refractivity contribution in [1.82, 2.24) is 4.31 Å². The number of unbranched alkanes of at least 4 members (excludes halogenated alkanes) is 2. The van der Waals surface area contributed by atoms with Crippen LogP contribution in [0.5, 0.6) is 0 Å². The molecule has 0 heterocycles. The molecule has 0 aliphatic carbocycles. The summed E-state index contributed by atoms with van der Waals surface area (Å²) >= 11 is 0. The molecule has 78 valence electrons. The Hall–Kier alpha value is -0.580. The molecule has 0 saturated heterocycles. The Morgan fingerprint density at radius 2 is 1.85 bits per heavy atom. The fourth-order valence-corrected chi connectivity index (χ4v) is 2.32. The summed E-state index contributed by atoms with van der Waals surface area (Å²) in [6.45, 7) is 3.87. The summed E-state index contributed by atoms with van der Waals surface area (Å²) in [5, 5.41) is 0. The molecule has 0 unspecified atom stereocenters. The van der Waals surface area contributed by atoms with Gasteiger partial charge in [0.1, 0.15) is 0 Å². The summed E-state index contributed by atoms with van der Waals surface area (Å²) in [7, 11) is -3.33. The van der Waals surface area contributed by atoms with E-state index < -0.39 is 10.0 Å². The lowest BCUT2D eigenvalue weighted by Crippen LogP contribution is -2.31. The monoisotopic (exact) mass is 207 g/mol. The van der Waals surface area contributed by atoms with Crippen molar-refractivity contribution in [3.05, 3.63) is 0 Å². The number of carbonyl (C=O) groups is 1. The van der Waals surface area contributed by atoms with E-state index in [9.17, 15) is 13.2 Å². The van der Waals surface area contributed by atoms with Crippen molar-refractivity contribution in [2.24, 2.45) is 0 Å². The minimum Gasteiger partial charge on any atom is -0.278 e. The van der Waals surface area contributed by atoms with Gasteiger partial charge in [0.15, 0.2) is 0 Å². The lowest BCUT2D eigenvalue weighted by Gasteiger charge is -2.14. The van der Waals surface area contributed by atoms with Crippen LogP contribution in [0.1, 0.15) is 33.1 Å². The molecule has 0 saturated carbocycles. The molecule has 0 atom stereocenters. The van der Waals surface area contributed by atoms with Crippen LogP contribution in [0.15, 0.2) is 0 Å². The zero-order valence-corrected chi connectivity index (χ0v) is 9.01. The highest BCUT2D eigenvalue weighted by molar-refractivity contribution is 7.89. The van der Waals surface area contributed by atoms with Gasteiger partial charge in [-0.05, 0) is 13.3 Å². The third kappa shape index (κ3) is 4.26. The predicted molar refractivity (Wildman–Crippen MR) is 51.8 cm³/mol. The van der Waals surface area contributed by atoms with Gasteiger partial charge in [0.05, 0.1) is 5.75 Å². The summed E-state index contributed by atoms with van der Waals surface area (Å²) in [5.74, 6) is 0.0768. The molecular formula is C8H17NO3S. The molecule has 0 aliphatic heterocycles. The Morgan fingerprint density at radius 3 is 2.23 bits per heavy atom. The molecule has 5 heteroatoms. The summed E-state index contributed by atoms with van der Waals surface area (Å²) in [6.07, 6.45) is 2.86. The Balaban J connectivity index is 4.13. The molecule has 1 amide bonds. The predicted octanol–water partition coefficient (Wildman–Crippen LogP) is 0.985. The first kappa shape index (κ1) is 12.4. The van der Waals surface area contributed by atoms with Gasteiger partial charge in [-0.2, -0.15) is 0 Å². The average Bonchev–Trinajstić information content (AvgIpc) is 2.06. The molecule has 0 spiro atoms. The van der Waals surface area contributed by atoms with Crippen LogP contribution < -0.4 is 0 Å². The lowest BCUT2D eigenvalue weighted by atomic mass is 10.3. The van der Waals surface area contributed by atoms with Gasteiger partial charge < -0.3 is 0 Å². The first-order chi connectivity index (χ1) is 6.08. The van der Waals surface area contributed by atoms with Gasteiger partial charge >= 0.3 is 0 Å². The molecule has 0 rings (SSSR count). The SMILES string of the molecule is CCCCCS(=O)(=O)N(C=O)CC. The number of nitrogens with zero attached hydrogens (tertiary/aromatic N) is 1. The molecule has 0 bridgehead atoms. The van der Waals surface area contributed by atoms with E-state index in [0.29, 0.717) is 12.8 Å². The molecule has 0 radical (unpaired) electrons. The van der Waals surface area contributed by atoms with Crippen molar-refractivity contribution in [3.8, 4) is 0 Å². The molecule has 0 aliphatic rings. The van der Waals surface area contributed by atoms with E-state index in [0.717, 1.165) is 17.1 Å². The fraction of sp³-hybridized carbons (Fsp3) is 0.875. The van der Waals surface area contributed by atoms with Gasteiger partial charge in [0.2, 0.25) is 16.4 Å². The Bertz CT molecular complexity index is 236. The van der Waals surface area contributed by atoms with E-state index in [4.69, 9.17) is 0 Å². The van der Waals surface area contributed by atoms with Crippen LogP contribution in [0.3, 0.4) is 0 Å². The molecule has 0 fully saturated rings. The quantitative estimate of drug-likeness (QED) is 0.462. The van der Waals surface area contributed by atoms with Crippen LogP contribution in [0.25, 0.3) is 0 Å². The molecule has 13 heavy (non-hydrogen) atoms. The van der Waals surface area contributed by atoms with E-state index in [1.54, 1.807) is 6.92 Å². The average molecular weight is 207 g/mol. The summed E-state index contributed by atoms with van der Waals surface area (Å²) < 4.78 is 23.6. The number of sulfonamides is 1. The van der Waals surface area contributed by atoms with Gasteiger partial charge in [-0.25, -0.2) is 12.7 Å². The molecule has 0 aromatic carbocycles. The van der Waals surface area contributed by atoms with Crippen molar-refractivity contribution in [1.29, 1.82) is 0 Å². The summed E-state index contributed by atoms with van der Waals surface area (Å²) in [6, 6.07) is 0. The second kappa shape index (κ2) is 5.96. The van der Waals surface area contributed by atoms with Gasteiger partial charge in [-0.15, -0.1) is 0 Å². The second-order valence-electron chi connectivity index (χ2n) is 2.83. The van der Waals surface area contributed by atoms with Crippen molar-refractivity contribution >= 4 is 16.4 Å². The highest BCUT2D eigenvalue weighted by Crippen LogP contribution is 2.03. The van der Waals surface area contributed by atoms with E-state index in [1.165, 1.54) is 0 Å². The third-order valence-electron chi connectivity index (χ3n) is 1.79. The highest BCUT2D eigenvalue weighted by atomic mass is 32.2. The van der Waals surface area contributed by atoms with Gasteiger partial charge in [0, 0.05) is 6.54 Å². The maximum atomic E-state index is 11.4. The van der Waals surface area contributed by atoms with E-state index >= 15 is 0 Å². The smallest absolute Gasteiger partial charge is 0.237 e.